The van der Waals surface area contributed by atoms with Gasteiger partial charge in [-0.15, -0.1) is 0 Å². The van der Waals surface area contributed by atoms with E-state index in [0.717, 1.165) is 24.3 Å². The van der Waals surface area contributed by atoms with E-state index in [1.54, 1.807) is 0 Å². The van der Waals surface area contributed by atoms with Crippen LogP contribution in [-0.4, -0.2) is 29.9 Å². The number of nitrogens with two attached hydrogens (primary N) is 1. The van der Waals surface area contributed by atoms with Crippen molar-refractivity contribution in [3.63, 3.8) is 0 Å². The fourth-order valence-corrected chi connectivity index (χ4v) is 3.06. The second-order valence-corrected chi connectivity index (χ2v) is 5.53. The fraction of sp³-hybridized carbons (Fsp3) is 0.769. The molecule has 2 rings (SSSR count). The number of carbonyl (C=O) groups is 1. The highest BCUT2D eigenvalue weighted by Gasteiger charge is 2.36. The minimum Gasteiger partial charge on any atom is -0.369 e. The van der Waals surface area contributed by atoms with Gasteiger partial charge in [-0.25, -0.2) is 0 Å². The van der Waals surface area contributed by atoms with E-state index in [-0.39, 0.29) is 5.91 Å². The minimum atomic E-state index is -0.215. The molecule has 2 aliphatic rings. The van der Waals surface area contributed by atoms with Crippen LogP contribution in [0, 0.1) is 17.8 Å². The molecule has 1 fully saturated rings. The lowest BCUT2D eigenvalue weighted by atomic mass is 9.92. The van der Waals surface area contributed by atoms with E-state index in [1.807, 2.05) is 0 Å². The van der Waals surface area contributed by atoms with Crippen LogP contribution in [0.25, 0.3) is 0 Å². The van der Waals surface area contributed by atoms with Crippen molar-refractivity contribution in [3.8, 4) is 0 Å². The van der Waals surface area contributed by atoms with Gasteiger partial charge in [-0.05, 0) is 44.4 Å². The molecule has 0 saturated heterocycles. The topological polar surface area (TPSA) is 46.3 Å². The quantitative estimate of drug-likeness (QED) is 0.715. The van der Waals surface area contributed by atoms with Gasteiger partial charge in [0.2, 0.25) is 5.91 Å². The van der Waals surface area contributed by atoms with Crippen LogP contribution in [-0.2, 0) is 4.79 Å². The van der Waals surface area contributed by atoms with Gasteiger partial charge in [0, 0.05) is 12.6 Å². The normalized spacial score (nSPS) is 31.9. The van der Waals surface area contributed by atoms with Crippen molar-refractivity contribution in [1.82, 2.24) is 4.90 Å². The second-order valence-electron chi connectivity index (χ2n) is 5.53. The first-order valence-corrected chi connectivity index (χ1v) is 6.27. The first-order chi connectivity index (χ1) is 7.56. The van der Waals surface area contributed by atoms with Crippen molar-refractivity contribution in [2.24, 2.45) is 23.5 Å². The smallest absolute Gasteiger partial charge is 0.231 e. The molecule has 2 aliphatic carbocycles. The number of hydrogen-bond acceptors (Lipinski definition) is 2. The molecule has 0 aliphatic heterocycles. The zero-order valence-electron chi connectivity index (χ0n) is 10.2. The second kappa shape index (κ2) is 4.58. The third kappa shape index (κ3) is 2.46. The van der Waals surface area contributed by atoms with Crippen molar-refractivity contribution in [2.75, 3.05) is 13.1 Å². The van der Waals surface area contributed by atoms with Gasteiger partial charge in [-0.1, -0.05) is 12.2 Å². The summed E-state index contributed by atoms with van der Waals surface area (Å²) in [5.41, 5.74) is 5.29. The summed E-state index contributed by atoms with van der Waals surface area (Å²) in [6, 6.07) is 0.399. The van der Waals surface area contributed by atoms with Crippen molar-refractivity contribution < 1.29 is 4.79 Å². The maximum atomic E-state index is 11.0. The Kier molecular flexibility index (Phi) is 3.33. The number of hydrogen-bond donors (Lipinski definition) is 1. The lowest BCUT2D eigenvalue weighted by molar-refractivity contribution is -0.119. The highest BCUT2D eigenvalue weighted by atomic mass is 16.1. The van der Waals surface area contributed by atoms with Gasteiger partial charge in [0.05, 0.1) is 6.54 Å². The first kappa shape index (κ1) is 11.6. The summed E-state index contributed by atoms with van der Waals surface area (Å²) in [6.45, 7) is 5.68. The molecular weight excluding hydrogens is 200 g/mol. The SMILES string of the molecule is CC(C)N(CC(N)=O)C[C@@H]1C[C@H]2C=C[C@H]1C2. The van der Waals surface area contributed by atoms with E-state index >= 15 is 0 Å². The van der Waals surface area contributed by atoms with Crippen molar-refractivity contribution in [3.05, 3.63) is 12.2 Å². The van der Waals surface area contributed by atoms with Crippen LogP contribution in [0.5, 0.6) is 0 Å². The van der Waals surface area contributed by atoms with Gasteiger partial charge in [0.15, 0.2) is 0 Å². The Bertz CT molecular complexity index is 298. The van der Waals surface area contributed by atoms with Crippen LogP contribution in [0.1, 0.15) is 26.7 Å². The molecular formula is C13H22N2O. The Labute approximate surface area is 97.7 Å². The molecule has 1 amide bonds. The summed E-state index contributed by atoms with van der Waals surface area (Å²) >= 11 is 0. The first-order valence-electron chi connectivity index (χ1n) is 6.27. The van der Waals surface area contributed by atoms with Crippen LogP contribution >= 0.6 is 0 Å². The largest absolute Gasteiger partial charge is 0.369 e. The third-order valence-electron chi connectivity index (χ3n) is 3.97. The van der Waals surface area contributed by atoms with E-state index in [0.29, 0.717) is 12.6 Å². The summed E-state index contributed by atoms with van der Waals surface area (Å²) in [7, 11) is 0. The van der Waals surface area contributed by atoms with Gasteiger partial charge in [0.1, 0.15) is 0 Å². The van der Waals surface area contributed by atoms with Gasteiger partial charge in [-0.3, -0.25) is 9.69 Å². The number of amides is 1. The molecule has 0 unspecified atom stereocenters. The van der Waals surface area contributed by atoms with E-state index in [9.17, 15) is 4.79 Å². The van der Waals surface area contributed by atoms with E-state index in [1.165, 1.54) is 12.8 Å². The summed E-state index contributed by atoms with van der Waals surface area (Å²) in [5.74, 6) is 2.07. The zero-order chi connectivity index (χ0) is 11.7. The third-order valence-corrected chi connectivity index (χ3v) is 3.97. The predicted octanol–water partition coefficient (Wildman–Crippen LogP) is 1.39. The van der Waals surface area contributed by atoms with E-state index in [2.05, 4.69) is 30.9 Å². The molecule has 1 saturated carbocycles. The maximum Gasteiger partial charge on any atom is 0.231 e. The molecule has 0 aromatic rings. The average molecular weight is 222 g/mol. The van der Waals surface area contributed by atoms with Crippen LogP contribution < -0.4 is 5.73 Å². The molecule has 0 aromatic carbocycles. The molecule has 0 heterocycles. The summed E-state index contributed by atoms with van der Waals surface area (Å²) in [4.78, 5) is 13.2. The number of primary amides is 1. The highest BCUT2D eigenvalue weighted by Crippen LogP contribution is 2.43. The van der Waals surface area contributed by atoms with Crippen LogP contribution in [0.2, 0.25) is 0 Å². The number of allylic oxidation sites excluding steroid dienone is 2. The lowest BCUT2D eigenvalue weighted by Gasteiger charge is -2.30. The Morgan fingerprint density at radius 1 is 1.44 bits per heavy atom. The summed E-state index contributed by atoms with van der Waals surface area (Å²) < 4.78 is 0. The summed E-state index contributed by atoms with van der Waals surface area (Å²) in [5, 5.41) is 0. The molecule has 3 nitrogen and oxygen atoms in total. The number of rotatable bonds is 5. The van der Waals surface area contributed by atoms with Crippen molar-refractivity contribution in [2.45, 2.75) is 32.7 Å². The average Bonchev–Trinajstić information content (AvgIpc) is 2.77. The molecule has 3 atom stereocenters. The zero-order valence-corrected chi connectivity index (χ0v) is 10.2. The van der Waals surface area contributed by atoms with E-state index in [4.69, 9.17) is 5.73 Å². The molecule has 2 bridgehead atoms. The number of nitrogens with zero attached hydrogens (tertiary/aromatic N) is 1. The predicted molar refractivity (Wildman–Crippen MR) is 64.7 cm³/mol. The number of fused-ring (bicyclic) bond motifs is 2. The molecule has 16 heavy (non-hydrogen) atoms. The fourth-order valence-electron chi connectivity index (χ4n) is 3.06. The molecule has 2 N–H and O–H groups in total. The Morgan fingerprint density at radius 2 is 2.19 bits per heavy atom. The molecule has 0 aromatic heterocycles. The lowest BCUT2D eigenvalue weighted by Crippen LogP contribution is -2.42. The standard InChI is InChI=1S/C13H22N2O/c1-9(2)15(8-13(14)16)7-12-6-10-3-4-11(12)5-10/h3-4,9-12H,5-8H2,1-2H3,(H2,14,16)/t10-,11-,12-/m0/s1. The van der Waals surface area contributed by atoms with Gasteiger partial charge >= 0.3 is 0 Å². The van der Waals surface area contributed by atoms with Gasteiger partial charge in [-0.2, -0.15) is 0 Å². The van der Waals surface area contributed by atoms with Crippen molar-refractivity contribution in [1.29, 1.82) is 0 Å². The molecule has 3 heteroatoms. The Balaban J connectivity index is 1.91. The van der Waals surface area contributed by atoms with E-state index < -0.39 is 0 Å². The summed E-state index contributed by atoms with van der Waals surface area (Å²) in [6.07, 6.45) is 7.34. The number of carbonyl (C=O) groups excluding carboxylic acids is 1. The van der Waals surface area contributed by atoms with Crippen LogP contribution in [0.15, 0.2) is 12.2 Å². The minimum absolute atomic E-state index is 0.215. The maximum absolute atomic E-state index is 11.0. The van der Waals surface area contributed by atoms with Gasteiger partial charge in [0.25, 0.3) is 0 Å². The Morgan fingerprint density at radius 3 is 2.62 bits per heavy atom. The Hall–Kier alpha value is -0.830. The monoisotopic (exact) mass is 222 g/mol. The molecule has 0 spiro atoms. The van der Waals surface area contributed by atoms with Crippen molar-refractivity contribution >= 4 is 5.91 Å². The highest BCUT2D eigenvalue weighted by molar-refractivity contribution is 5.75. The van der Waals surface area contributed by atoms with Gasteiger partial charge < -0.3 is 5.73 Å². The van der Waals surface area contributed by atoms with Crippen LogP contribution in [0.4, 0.5) is 0 Å². The molecule has 0 radical (unpaired) electrons. The molecule has 90 valence electrons. The van der Waals surface area contributed by atoms with Crippen LogP contribution in [0.3, 0.4) is 0 Å².